The average molecular weight is 347 g/mol. The Hall–Kier alpha value is -2.14. The summed E-state index contributed by atoms with van der Waals surface area (Å²) in [5.41, 5.74) is 4.67. The summed E-state index contributed by atoms with van der Waals surface area (Å²) in [6, 6.07) is 14.7. The summed E-state index contributed by atoms with van der Waals surface area (Å²) in [7, 11) is 1.53. The molecule has 0 atom stereocenters. The molecule has 2 aromatic rings. The smallest absolute Gasteiger partial charge is 0.275 e. The Balaban J connectivity index is 2.12. The number of halogens is 1. The molecule has 0 aliphatic rings. The molecule has 0 saturated heterocycles. The Bertz CT molecular complexity index is 666. The first kappa shape index (κ1) is 15.3. The predicted octanol–water partition coefficient (Wildman–Crippen LogP) is 3.61. The van der Waals surface area contributed by atoms with E-state index in [0.717, 1.165) is 15.7 Å². The molecular formula is C16H15BrN2O2. The molecule has 21 heavy (non-hydrogen) atoms. The van der Waals surface area contributed by atoms with Crippen molar-refractivity contribution in [2.75, 3.05) is 7.11 Å². The van der Waals surface area contributed by atoms with Gasteiger partial charge < -0.3 is 4.74 Å². The summed E-state index contributed by atoms with van der Waals surface area (Å²) in [6.07, 6.45) is 0. The normalized spacial score (nSPS) is 11.1. The third kappa shape index (κ3) is 3.92. The van der Waals surface area contributed by atoms with Crippen LogP contribution in [0.2, 0.25) is 0 Å². The van der Waals surface area contributed by atoms with Gasteiger partial charge in [0, 0.05) is 4.47 Å². The van der Waals surface area contributed by atoms with Crippen molar-refractivity contribution in [3.05, 3.63) is 64.1 Å². The van der Waals surface area contributed by atoms with E-state index in [1.54, 1.807) is 18.2 Å². The Labute approximate surface area is 132 Å². The fourth-order valence-electron chi connectivity index (χ4n) is 1.78. The van der Waals surface area contributed by atoms with Crippen molar-refractivity contribution in [1.82, 2.24) is 5.43 Å². The molecule has 0 heterocycles. The van der Waals surface area contributed by atoms with Crippen LogP contribution in [0.5, 0.6) is 5.75 Å². The van der Waals surface area contributed by atoms with E-state index in [-0.39, 0.29) is 5.91 Å². The number of ether oxygens (including phenoxy) is 1. The molecular weight excluding hydrogens is 332 g/mol. The van der Waals surface area contributed by atoms with E-state index < -0.39 is 0 Å². The molecule has 0 unspecified atom stereocenters. The molecule has 0 spiro atoms. The summed E-state index contributed by atoms with van der Waals surface area (Å²) in [6.45, 7) is 1.84. The number of carbonyl (C=O) groups is 1. The van der Waals surface area contributed by atoms with E-state index in [1.807, 2.05) is 37.3 Å². The molecule has 1 N–H and O–H groups in total. The minimum atomic E-state index is -0.302. The number of benzene rings is 2. The lowest BCUT2D eigenvalue weighted by Crippen LogP contribution is -2.20. The maximum atomic E-state index is 12.1. The van der Waals surface area contributed by atoms with E-state index in [9.17, 15) is 4.79 Å². The van der Waals surface area contributed by atoms with Gasteiger partial charge in [0.15, 0.2) is 0 Å². The second-order valence-corrected chi connectivity index (χ2v) is 5.26. The van der Waals surface area contributed by atoms with Gasteiger partial charge in [-0.3, -0.25) is 4.79 Å². The number of para-hydroxylation sites is 1. The van der Waals surface area contributed by atoms with Crippen LogP contribution < -0.4 is 10.2 Å². The van der Waals surface area contributed by atoms with Crippen LogP contribution in [0, 0.1) is 0 Å². The average Bonchev–Trinajstić information content (AvgIpc) is 2.52. The highest BCUT2D eigenvalue weighted by molar-refractivity contribution is 9.10. The number of nitrogens with zero attached hydrogens (tertiary/aromatic N) is 1. The van der Waals surface area contributed by atoms with Gasteiger partial charge in [-0.1, -0.05) is 40.2 Å². The number of hydrogen-bond donors (Lipinski definition) is 1. The van der Waals surface area contributed by atoms with Crippen molar-refractivity contribution in [2.45, 2.75) is 6.92 Å². The fraction of sp³-hybridized carbons (Fsp3) is 0.125. The Kier molecular flexibility index (Phi) is 5.11. The molecule has 0 fully saturated rings. The van der Waals surface area contributed by atoms with E-state index in [2.05, 4.69) is 26.5 Å². The van der Waals surface area contributed by atoms with E-state index in [0.29, 0.717) is 11.3 Å². The topological polar surface area (TPSA) is 50.7 Å². The minimum absolute atomic E-state index is 0.302. The van der Waals surface area contributed by atoms with Gasteiger partial charge in [0.05, 0.1) is 18.4 Å². The molecule has 2 aromatic carbocycles. The zero-order valence-electron chi connectivity index (χ0n) is 11.8. The van der Waals surface area contributed by atoms with Gasteiger partial charge in [-0.15, -0.1) is 0 Å². The van der Waals surface area contributed by atoms with Gasteiger partial charge in [0.25, 0.3) is 5.91 Å². The lowest BCUT2D eigenvalue weighted by molar-refractivity contribution is 0.0952. The summed E-state index contributed by atoms with van der Waals surface area (Å²) in [5.74, 6) is 0.218. The van der Waals surface area contributed by atoms with Gasteiger partial charge >= 0.3 is 0 Å². The first-order valence-corrected chi connectivity index (χ1v) is 7.14. The molecule has 0 aromatic heterocycles. The highest BCUT2D eigenvalue weighted by Gasteiger charge is 2.10. The highest BCUT2D eigenvalue weighted by Crippen LogP contribution is 2.17. The maximum Gasteiger partial charge on any atom is 0.275 e. The first-order chi connectivity index (χ1) is 10.1. The largest absolute Gasteiger partial charge is 0.496 e. The van der Waals surface area contributed by atoms with Gasteiger partial charge in [-0.2, -0.15) is 5.10 Å². The van der Waals surface area contributed by atoms with E-state index >= 15 is 0 Å². The molecule has 5 heteroatoms. The number of rotatable bonds is 4. The van der Waals surface area contributed by atoms with Crippen molar-refractivity contribution in [3.8, 4) is 5.75 Å². The fourth-order valence-corrected chi connectivity index (χ4v) is 2.05. The van der Waals surface area contributed by atoms with Crippen molar-refractivity contribution < 1.29 is 9.53 Å². The number of hydrazone groups is 1. The molecule has 0 aliphatic heterocycles. The monoisotopic (exact) mass is 346 g/mol. The number of amides is 1. The van der Waals surface area contributed by atoms with Crippen LogP contribution in [0.3, 0.4) is 0 Å². The van der Waals surface area contributed by atoms with Gasteiger partial charge in [-0.25, -0.2) is 5.43 Å². The molecule has 108 valence electrons. The summed E-state index contributed by atoms with van der Waals surface area (Å²) in [5, 5.41) is 4.12. The molecule has 2 rings (SSSR count). The maximum absolute atomic E-state index is 12.1. The molecule has 0 saturated carbocycles. The van der Waals surface area contributed by atoms with E-state index in [4.69, 9.17) is 4.74 Å². The van der Waals surface area contributed by atoms with Crippen LogP contribution in [0.4, 0.5) is 0 Å². The van der Waals surface area contributed by atoms with Crippen LogP contribution in [0.15, 0.2) is 58.1 Å². The van der Waals surface area contributed by atoms with Crippen molar-refractivity contribution in [2.24, 2.45) is 5.10 Å². The van der Waals surface area contributed by atoms with Crippen LogP contribution in [-0.2, 0) is 0 Å². The quantitative estimate of drug-likeness (QED) is 0.679. The Morgan fingerprint density at radius 3 is 2.48 bits per heavy atom. The zero-order valence-corrected chi connectivity index (χ0v) is 13.3. The third-order valence-electron chi connectivity index (χ3n) is 2.94. The van der Waals surface area contributed by atoms with Crippen LogP contribution >= 0.6 is 15.9 Å². The first-order valence-electron chi connectivity index (χ1n) is 6.35. The lowest BCUT2D eigenvalue weighted by Gasteiger charge is -2.07. The van der Waals surface area contributed by atoms with Crippen LogP contribution in [0.1, 0.15) is 22.8 Å². The van der Waals surface area contributed by atoms with Crippen molar-refractivity contribution in [1.29, 1.82) is 0 Å². The standard InChI is InChI=1S/C16H15BrN2O2/c1-11(12-7-9-13(17)10-8-12)18-19-16(20)14-5-3-4-6-15(14)21-2/h3-10H,1-2H3,(H,19,20)/b18-11+. The van der Waals surface area contributed by atoms with Crippen molar-refractivity contribution in [3.63, 3.8) is 0 Å². The number of methoxy groups -OCH3 is 1. The number of nitrogens with one attached hydrogen (secondary N) is 1. The lowest BCUT2D eigenvalue weighted by atomic mass is 10.1. The molecule has 0 bridgehead atoms. The Morgan fingerprint density at radius 1 is 1.14 bits per heavy atom. The zero-order chi connectivity index (χ0) is 15.2. The number of carbonyl (C=O) groups excluding carboxylic acids is 1. The molecule has 4 nitrogen and oxygen atoms in total. The van der Waals surface area contributed by atoms with Gasteiger partial charge in [0.1, 0.15) is 5.75 Å². The molecule has 0 radical (unpaired) electrons. The summed E-state index contributed by atoms with van der Waals surface area (Å²) < 4.78 is 6.15. The highest BCUT2D eigenvalue weighted by atomic mass is 79.9. The molecule has 1 amide bonds. The molecule has 0 aliphatic carbocycles. The van der Waals surface area contributed by atoms with Crippen LogP contribution in [-0.4, -0.2) is 18.7 Å². The van der Waals surface area contributed by atoms with Crippen LogP contribution in [0.25, 0.3) is 0 Å². The number of hydrogen-bond acceptors (Lipinski definition) is 3. The summed E-state index contributed by atoms with van der Waals surface area (Å²) in [4.78, 5) is 12.1. The third-order valence-corrected chi connectivity index (χ3v) is 3.47. The SMILES string of the molecule is COc1ccccc1C(=O)N/N=C(\C)c1ccc(Br)cc1. The second kappa shape index (κ2) is 7.04. The predicted molar refractivity (Wildman–Crippen MR) is 86.8 cm³/mol. The van der Waals surface area contributed by atoms with Gasteiger partial charge in [-0.05, 0) is 36.8 Å². The van der Waals surface area contributed by atoms with E-state index in [1.165, 1.54) is 7.11 Å². The van der Waals surface area contributed by atoms with Gasteiger partial charge in [0.2, 0.25) is 0 Å². The summed E-state index contributed by atoms with van der Waals surface area (Å²) >= 11 is 3.38. The van der Waals surface area contributed by atoms with Crippen molar-refractivity contribution >= 4 is 27.5 Å². The minimum Gasteiger partial charge on any atom is -0.496 e. The Morgan fingerprint density at radius 2 is 1.81 bits per heavy atom. The second-order valence-electron chi connectivity index (χ2n) is 4.35.